The van der Waals surface area contributed by atoms with Crippen molar-refractivity contribution in [2.75, 3.05) is 0 Å². The van der Waals surface area contributed by atoms with E-state index in [1.807, 2.05) is 36.4 Å². The Morgan fingerprint density at radius 2 is 1.36 bits per heavy atom. The summed E-state index contributed by atoms with van der Waals surface area (Å²) < 4.78 is 2.42. The molecule has 5 nitrogen and oxygen atoms in total. The van der Waals surface area contributed by atoms with E-state index in [1.165, 1.54) is 44.1 Å². The normalized spacial score (nSPS) is 14.1. The van der Waals surface area contributed by atoms with E-state index in [1.54, 1.807) is 0 Å². The number of para-hydroxylation sites is 1. The van der Waals surface area contributed by atoms with Crippen molar-refractivity contribution in [2.24, 2.45) is 0 Å². The Morgan fingerprint density at radius 1 is 0.643 bits per heavy atom. The largest absolute Gasteiger partial charge is 0.309 e. The fourth-order valence-corrected chi connectivity index (χ4v) is 8.97. The zero-order valence-corrected chi connectivity index (χ0v) is 31.9. The quantitative estimate of drug-likeness (QED) is 0.177. The second kappa shape index (κ2) is 12.9. The van der Waals surface area contributed by atoms with Crippen LogP contribution in [0.2, 0.25) is 0 Å². The van der Waals surface area contributed by atoms with Gasteiger partial charge >= 0.3 is 0 Å². The Hall–Kier alpha value is -6.90. The van der Waals surface area contributed by atoms with Gasteiger partial charge in [0, 0.05) is 38.6 Å². The Morgan fingerprint density at radius 3 is 2.14 bits per heavy atom. The lowest BCUT2D eigenvalue weighted by Gasteiger charge is -2.22. The summed E-state index contributed by atoms with van der Waals surface area (Å²) in [6, 6.07) is 45.1. The maximum absolute atomic E-state index is 9.63. The van der Waals surface area contributed by atoms with Crippen molar-refractivity contribution in [3.8, 4) is 56.8 Å². The molecule has 5 heteroatoms. The predicted molar refractivity (Wildman–Crippen MR) is 229 cm³/mol. The summed E-state index contributed by atoms with van der Waals surface area (Å²) in [7, 11) is 0. The van der Waals surface area contributed by atoms with Crippen molar-refractivity contribution >= 4 is 27.4 Å². The van der Waals surface area contributed by atoms with Crippen molar-refractivity contribution in [1.82, 2.24) is 19.5 Å². The number of nitriles is 1. The van der Waals surface area contributed by atoms with Crippen molar-refractivity contribution in [3.05, 3.63) is 173 Å². The first kappa shape index (κ1) is 33.7. The molecule has 0 spiro atoms. The molecule has 2 heterocycles. The average molecular weight is 722 g/mol. The van der Waals surface area contributed by atoms with Crippen LogP contribution in [0.25, 0.3) is 78.1 Å². The van der Waals surface area contributed by atoms with Crippen molar-refractivity contribution in [3.63, 3.8) is 0 Å². The van der Waals surface area contributed by atoms with Gasteiger partial charge in [0.15, 0.2) is 17.5 Å². The number of allylic oxidation sites excluding steroid dienone is 4. The lowest BCUT2D eigenvalue weighted by Crippen LogP contribution is -2.15. The van der Waals surface area contributed by atoms with Crippen molar-refractivity contribution < 1.29 is 0 Å². The molecule has 0 bridgehead atoms. The van der Waals surface area contributed by atoms with E-state index in [4.69, 9.17) is 15.0 Å². The molecular formula is C51H39N5. The zero-order chi connectivity index (χ0) is 38.1. The molecule has 0 amide bonds. The van der Waals surface area contributed by atoms with Gasteiger partial charge in [0.1, 0.15) is 0 Å². The highest BCUT2D eigenvalue weighted by atomic mass is 15.0. The number of hydrogen-bond donors (Lipinski definition) is 0. The number of rotatable bonds is 5. The van der Waals surface area contributed by atoms with E-state index in [2.05, 4.69) is 141 Å². The minimum Gasteiger partial charge on any atom is -0.309 e. The molecular weight excluding hydrogens is 683 g/mol. The lowest BCUT2D eigenvalue weighted by molar-refractivity contribution is 0.660. The first-order valence-corrected chi connectivity index (χ1v) is 19.3. The van der Waals surface area contributed by atoms with Crippen LogP contribution in [0.4, 0.5) is 0 Å². The SMILES string of the molecule is Cc1ccccc1-c1nc(C2=CCCC=C2)nc(-c2cc(-c3ccc(C#N)cc3)cc(-n3c4ccccc4c4c(C)c5c(cc43)C(C)(C)c3ccccc3-5)c2)n1. The standard InChI is InChI=1S/C51H39N5/c1-31-14-8-9-17-39(31)50-54-48(35-15-6-5-7-16-35)53-49(55-50)37-26-36(34-24-22-33(30-52)23-25-34)27-38(28-37)56-44-21-13-11-19-41(44)47-32(2)46-40-18-10-12-20-42(40)51(3,4)43(46)29-45(47)56/h6,8-29H,5,7H2,1-4H3. The van der Waals surface area contributed by atoms with Crippen molar-refractivity contribution in [1.29, 1.82) is 5.26 Å². The second-order valence-corrected chi connectivity index (χ2v) is 15.6. The van der Waals surface area contributed by atoms with Gasteiger partial charge in [-0.15, -0.1) is 0 Å². The van der Waals surface area contributed by atoms with Crippen molar-refractivity contribution in [2.45, 2.75) is 46.0 Å². The molecule has 2 aliphatic rings. The smallest absolute Gasteiger partial charge is 0.164 e. The van der Waals surface area contributed by atoms with Crippen LogP contribution >= 0.6 is 0 Å². The van der Waals surface area contributed by atoms with E-state index in [0.717, 1.165) is 57.4 Å². The third-order valence-corrected chi connectivity index (χ3v) is 11.8. The number of fused-ring (bicyclic) bond motifs is 6. The molecule has 2 aliphatic carbocycles. The molecule has 0 radical (unpaired) electrons. The van der Waals surface area contributed by atoms with Crippen LogP contribution in [0.5, 0.6) is 0 Å². The average Bonchev–Trinajstić information content (AvgIpc) is 3.70. The Kier molecular flexibility index (Phi) is 7.73. The zero-order valence-electron chi connectivity index (χ0n) is 31.9. The number of benzene rings is 6. The van der Waals surface area contributed by atoms with Gasteiger partial charge in [-0.25, -0.2) is 15.0 Å². The van der Waals surface area contributed by atoms with Gasteiger partial charge in [-0.05, 0) is 114 Å². The molecule has 8 aromatic rings. The molecule has 0 unspecified atom stereocenters. The van der Waals surface area contributed by atoms with E-state index in [0.29, 0.717) is 23.0 Å². The summed E-state index contributed by atoms with van der Waals surface area (Å²) in [5.74, 6) is 1.93. The van der Waals surface area contributed by atoms with Crippen LogP contribution in [0.15, 0.2) is 140 Å². The molecule has 10 rings (SSSR count). The van der Waals surface area contributed by atoms with Gasteiger partial charge in [-0.3, -0.25) is 0 Å². The highest BCUT2D eigenvalue weighted by molar-refractivity contribution is 6.14. The summed E-state index contributed by atoms with van der Waals surface area (Å²) in [6.45, 7) is 9.09. The maximum atomic E-state index is 9.63. The molecule has 2 aromatic heterocycles. The summed E-state index contributed by atoms with van der Waals surface area (Å²) in [5, 5.41) is 12.1. The first-order chi connectivity index (χ1) is 27.3. The van der Waals surface area contributed by atoms with Gasteiger partial charge in [0.25, 0.3) is 0 Å². The molecule has 0 fully saturated rings. The summed E-state index contributed by atoms with van der Waals surface area (Å²) >= 11 is 0. The highest BCUT2D eigenvalue weighted by Gasteiger charge is 2.37. The van der Waals surface area contributed by atoms with Gasteiger partial charge < -0.3 is 4.57 Å². The predicted octanol–water partition coefficient (Wildman–Crippen LogP) is 12.5. The molecule has 0 saturated heterocycles. The number of hydrogen-bond acceptors (Lipinski definition) is 4. The van der Waals surface area contributed by atoms with Crippen LogP contribution in [-0.2, 0) is 5.41 Å². The Balaban J connectivity index is 1.27. The van der Waals surface area contributed by atoms with E-state index >= 15 is 0 Å². The minimum atomic E-state index is -0.156. The molecule has 0 atom stereocenters. The fraction of sp³-hybridized carbons (Fsp3) is 0.137. The van der Waals surface area contributed by atoms with Gasteiger partial charge in [-0.2, -0.15) is 5.26 Å². The number of aryl methyl sites for hydroxylation is 2. The van der Waals surface area contributed by atoms with E-state index < -0.39 is 0 Å². The molecule has 0 N–H and O–H groups in total. The number of nitrogens with zero attached hydrogens (tertiary/aromatic N) is 5. The van der Waals surface area contributed by atoms with Crippen LogP contribution in [0.1, 0.15) is 60.3 Å². The first-order valence-electron chi connectivity index (χ1n) is 19.3. The van der Waals surface area contributed by atoms with Gasteiger partial charge in [0.2, 0.25) is 0 Å². The summed E-state index contributed by atoms with van der Waals surface area (Å²) in [5.41, 5.74) is 16.5. The molecule has 6 aromatic carbocycles. The Bertz CT molecular complexity index is 3020. The third kappa shape index (κ3) is 5.25. The highest BCUT2D eigenvalue weighted by Crippen LogP contribution is 2.53. The maximum Gasteiger partial charge on any atom is 0.164 e. The monoisotopic (exact) mass is 721 g/mol. The van der Waals surface area contributed by atoms with Crippen LogP contribution in [-0.4, -0.2) is 19.5 Å². The molecule has 56 heavy (non-hydrogen) atoms. The lowest BCUT2D eigenvalue weighted by atomic mass is 9.82. The third-order valence-electron chi connectivity index (χ3n) is 11.8. The summed E-state index contributed by atoms with van der Waals surface area (Å²) in [6.07, 6.45) is 8.49. The molecule has 0 saturated carbocycles. The van der Waals surface area contributed by atoms with Gasteiger partial charge in [-0.1, -0.05) is 111 Å². The van der Waals surface area contributed by atoms with Gasteiger partial charge in [0.05, 0.1) is 22.7 Å². The van der Waals surface area contributed by atoms with Crippen LogP contribution < -0.4 is 0 Å². The van der Waals surface area contributed by atoms with Crippen LogP contribution in [0.3, 0.4) is 0 Å². The molecule has 268 valence electrons. The molecule has 0 aliphatic heterocycles. The topological polar surface area (TPSA) is 67.4 Å². The minimum absolute atomic E-state index is 0.156. The fourth-order valence-electron chi connectivity index (χ4n) is 8.97. The van der Waals surface area contributed by atoms with Crippen LogP contribution in [0, 0.1) is 25.2 Å². The van der Waals surface area contributed by atoms with E-state index in [-0.39, 0.29) is 5.41 Å². The van der Waals surface area contributed by atoms with E-state index in [9.17, 15) is 5.26 Å². The summed E-state index contributed by atoms with van der Waals surface area (Å²) in [4.78, 5) is 15.5. The Labute approximate surface area is 327 Å². The second-order valence-electron chi connectivity index (χ2n) is 15.6. The number of aromatic nitrogens is 4.